The minimum atomic E-state index is -4.02. The minimum absolute atomic E-state index is 0.0358. The summed E-state index contributed by atoms with van der Waals surface area (Å²) in [6.45, 7) is 3.78. The Morgan fingerprint density at radius 1 is 1.07 bits per heavy atom. The Kier molecular flexibility index (Phi) is 5.37. The smallest absolute Gasteiger partial charge is 0.261 e. The van der Waals surface area contributed by atoms with Gasteiger partial charge in [0.2, 0.25) is 11.8 Å². The van der Waals surface area contributed by atoms with Gasteiger partial charge in [0.25, 0.3) is 10.0 Å². The van der Waals surface area contributed by atoms with Gasteiger partial charge in [-0.2, -0.15) is 0 Å². The summed E-state index contributed by atoms with van der Waals surface area (Å²) in [6, 6.07) is 8.41. The number of rotatable bonds is 4. The van der Waals surface area contributed by atoms with Gasteiger partial charge in [0.05, 0.1) is 10.6 Å². The van der Waals surface area contributed by atoms with Crippen molar-refractivity contribution in [1.29, 1.82) is 0 Å². The van der Waals surface area contributed by atoms with E-state index in [-0.39, 0.29) is 16.5 Å². The van der Waals surface area contributed by atoms with Gasteiger partial charge in [-0.3, -0.25) is 14.3 Å². The zero-order chi connectivity index (χ0) is 20.5. The first-order valence-corrected chi connectivity index (χ1v) is 10.1. The Morgan fingerprint density at radius 3 is 2.46 bits per heavy atom. The number of fused-ring (bicyclic) bond motifs is 1. The number of nitrogens with zero attached hydrogens (tertiary/aromatic N) is 1. The SMILES string of the molecule is CC(=O)Nc1ccc(S(=O)(=O)Nc2ccc3c(c2)CN(C(C)=O)CC3)cc1F. The molecule has 7 nitrogen and oxygen atoms in total. The van der Waals surface area contributed by atoms with E-state index in [1.54, 1.807) is 17.0 Å². The highest BCUT2D eigenvalue weighted by Crippen LogP contribution is 2.25. The number of nitrogens with one attached hydrogen (secondary N) is 2. The molecule has 0 bridgehead atoms. The molecule has 0 radical (unpaired) electrons. The van der Waals surface area contributed by atoms with E-state index < -0.39 is 21.7 Å². The van der Waals surface area contributed by atoms with E-state index in [0.717, 1.165) is 17.2 Å². The number of amides is 2. The van der Waals surface area contributed by atoms with E-state index >= 15 is 0 Å². The van der Waals surface area contributed by atoms with Gasteiger partial charge < -0.3 is 10.2 Å². The van der Waals surface area contributed by atoms with E-state index in [9.17, 15) is 22.4 Å². The van der Waals surface area contributed by atoms with Crippen molar-refractivity contribution in [1.82, 2.24) is 4.90 Å². The predicted molar refractivity (Wildman–Crippen MR) is 103 cm³/mol. The summed E-state index contributed by atoms with van der Waals surface area (Å²) in [5, 5.41) is 2.29. The van der Waals surface area contributed by atoms with Crippen molar-refractivity contribution in [3.63, 3.8) is 0 Å². The monoisotopic (exact) mass is 405 g/mol. The lowest BCUT2D eigenvalue weighted by atomic mass is 9.99. The van der Waals surface area contributed by atoms with Gasteiger partial charge >= 0.3 is 0 Å². The van der Waals surface area contributed by atoms with E-state index in [4.69, 9.17) is 0 Å². The fraction of sp³-hybridized carbons (Fsp3) is 0.263. The van der Waals surface area contributed by atoms with Crippen LogP contribution in [0.15, 0.2) is 41.3 Å². The highest BCUT2D eigenvalue weighted by molar-refractivity contribution is 7.92. The third-order valence-electron chi connectivity index (χ3n) is 4.48. The summed E-state index contributed by atoms with van der Waals surface area (Å²) < 4.78 is 41.7. The summed E-state index contributed by atoms with van der Waals surface area (Å²) in [5.41, 5.74) is 2.17. The molecule has 0 aliphatic carbocycles. The van der Waals surface area contributed by atoms with Crippen LogP contribution in [0.3, 0.4) is 0 Å². The van der Waals surface area contributed by atoms with Gasteiger partial charge in [-0.25, -0.2) is 12.8 Å². The van der Waals surface area contributed by atoms with Crippen molar-refractivity contribution in [3.05, 3.63) is 53.3 Å². The van der Waals surface area contributed by atoms with E-state index in [1.165, 1.54) is 26.0 Å². The summed E-state index contributed by atoms with van der Waals surface area (Å²) in [6.07, 6.45) is 0.706. The van der Waals surface area contributed by atoms with E-state index in [2.05, 4.69) is 10.0 Å². The Hall–Kier alpha value is -2.94. The first kappa shape index (κ1) is 19.8. The first-order chi connectivity index (χ1) is 13.2. The normalized spacial score (nSPS) is 13.6. The molecule has 2 N–H and O–H groups in total. The van der Waals surface area contributed by atoms with E-state index in [0.29, 0.717) is 25.2 Å². The fourth-order valence-electron chi connectivity index (χ4n) is 3.06. The lowest BCUT2D eigenvalue weighted by molar-refractivity contribution is -0.129. The van der Waals surface area contributed by atoms with Crippen molar-refractivity contribution in [3.8, 4) is 0 Å². The minimum Gasteiger partial charge on any atom is -0.338 e. The molecule has 1 aliphatic rings. The van der Waals surface area contributed by atoms with Crippen LogP contribution in [0.25, 0.3) is 0 Å². The molecule has 2 amide bonds. The fourth-order valence-corrected chi connectivity index (χ4v) is 4.12. The lowest BCUT2D eigenvalue weighted by Gasteiger charge is -2.28. The molecule has 28 heavy (non-hydrogen) atoms. The average Bonchev–Trinajstić information content (AvgIpc) is 2.62. The van der Waals surface area contributed by atoms with Gasteiger partial charge in [0.15, 0.2) is 0 Å². The molecule has 0 saturated carbocycles. The van der Waals surface area contributed by atoms with E-state index in [1.807, 2.05) is 6.07 Å². The first-order valence-electron chi connectivity index (χ1n) is 8.63. The number of carbonyl (C=O) groups is 2. The molecule has 2 aromatic rings. The van der Waals surface area contributed by atoms with Crippen LogP contribution in [-0.2, 0) is 32.6 Å². The molecular formula is C19H20FN3O4S. The van der Waals surface area contributed by atoms with Crippen LogP contribution < -0.4 is 10.0 Å². The zero-order valence-corrected chi connectivity index (χ0v) is 16.3. The number of carbonyl (C=O) groups excluding carboxylic acids is 2. The highest BCUT2D eigenvalue weighted by atomic mass is 32.2. The van der Waals surface area contributed by atoms with Crippen LogP contribution in [-0.4, -0.2) is 31.7 Å². The van der Waals surface area contributed by atoms with Gasteiger partial charge in [0, 0.05) is 32.6 Å². The van der Waals surface area contributed by atoms with Crippen LogP contribution in [0.4, 0.5) is 15.8 Å². The van der Waals surface area contributed by atoms with Crippen molar-refractivity contribution >= 4 is 33.2 Å². The molecule has 3 rings (SSSR count). The number of benzene rings is 2. The molecule has 2 aromatic carbocycles. The maximum absolute atomic E-state index is 14.1. The predicted octanol–water partition coefficient (Wildman–Crippen LogP) is 2.49. The molecular weight excluding hydrogens is 385 g/mol. The van der Waals surface area contributed by atoms with Crippen LogP contribution in [0.5, 0.6) is 0 Å². The molecule has 148 valence electrons. The molecule has 1 heterocycles. The van der Waals surface area contributed by atoms with Crippen molar-refractivity contribution in [2.45, 2.75) is 31.7 Å². The summed E-state index contributed by atoms with van der Waals surface area (Å²) >= 11 is 0. The molecule has 0 spiro atoms. The Balaban J connectivity index is 1.83. The Labute approximate surface area is 162 Å². The van der Waals surface area contributed by atoms with Gasteiger partial charge in [0.1, 0.15) is 5.82 Å². The van der Waals surface area contributed by atoms with Crippen molar-refractivity contribution in [2.24, 2.45) is 0 Å². The highest BCUT2D eigenvalue weighted by Gasteiger charge is 2.21. The molecule has 9 heteroatoms. The summed E-state index contributed by atoms with van der Waals surface area (Å²) in [7, 11) is -4.02. The Morgan fingerprint density at radius 2 is 1.82 bits per heavy atom. The summed E-state index contributed by atoms with van der Waals surface area (Å²) in [4.78, 5) is 24.1. The third kappa shape index (κ3) is 4.30. The maximum atomic E-state index is 14.1. The molecule has 0 aromatic heterocycles. The molecule has 0 atom stereocenters. The third-order valence-corrected chi connectivity index (χ3v) is 5.86. The Bertz CT molecular complexity index is 1050. The number of anilines is 2. The number of hydrogen-bond donors (Lipinski definition) is 2. The lowest BCUT2D eigenvalue weighted by Crippen LogP contribution is -2.34. The molecule has 0 saturated heterocycles. The van der Waals surface area contributed by atoms with Crippen LogP contribution in [0, 0.1) is 5.82 Å². The number of hydrogen-bond acceptors (Lipinski definition) is 4. The van der Waals surface area contributed by atoms with Gasteiger partial charge in [-0.15, -0.1) is 0 Å². The molecule has 1 aliphatic heterocycles. The van der Waals surface area contributed by atoms with Crippen LogP contribution in [0.1, 0.15) is 25.0 Å². The topological polar surface area (TPSA) is 95.6 Å². The maximum Gasteiger partial charge on any atom is 0.261 e. The largest absolute Gasteiger partial charge is 0.338 e. The van der Waals surface area contributed by atoms with Crippen LogP contribution >= 0.6 is 0 Å². The quantitative estimate of drug-likeness (QED) is 0.817. The van der Waals surface area contributed by atoms with Gasteiger partial charge in [-0.1, -0.05) is 6.07 Å². The average molecular weight is 405 g/mol. The molecule has 0 fully saturated rings. The second kappa shape index (κ2) is 7.59. The number of sulfonamides is 1. The second-order valence-electron chi connectivity index (χ2n) is 6.60. The zero-order valence-electron chi connectivity index (χ0n) is 15.5. The van der Waals surface area contributed by atoms with Gasteiger partial charge in [-0.05, 0) is 47.9 Å². The van der Waals surface area contributed by atoms with Crippen molar-refractivity contribution in [2.75, 3.05) is 16.6 Å². The number of halogens is 1. The van der Waals surface area contributed by atoms with Crippen molar-refractivity contribution < 1.29 is 22.4 Å². The summed E-state index contributed by atoms with van der Waals surface area (Å²) in [5.74, 6) is -1.34. The molecule has 0 unspecified atom stereocenters. The van der Waals surface area contributed by atoms with Crippen LogP contribution in [0.2, 0.25) is 0 Å². The standard InChI is InChI=1S/C19H20FN3O4S/c1-12(24)21-19-6-5-17(10-18(19)20)28(26,27)22-16-4-3-14-7-8-23(13(2)25)11-15(14)9-16/h3-6,9-10,22H,7-8,11H2,1-2H3,(H,21,24). The second-order valence-corrected chi connectivity index (χ2v) is 8.28.